The zero-order valence-corrected chi connectivity index (χ0v) is 13.0. The number of aromatic nitrogens is 3. The van der Waals surface area contributed by atoms with Gasteiger partial charge in [0, 0.05) is 5.69 Å². The summed E-state index contributed by atoms with van der Waals surface area (Å²) in [5, 5.41) is 12.8. The Morgan fingerprint density at radius 3 is 2.50 bits per heavy atom. The average Bonchev–Trinajstić information content (AvgIpc) is 2.79. The molecule has 1 heterocycles. The maximum atomic E-state index is 11.7. The smallest absolute Gasteiger partial charge is 0.325 e. The van der Waals surface area contributed by atoms with E-state index < -0.39 is 11.9 Å². The van der Waals surface area contributed by atoms with Crippen LogP contribution in [0.15, 0.2) is 29.4 Å². The summed E-state index contributed by atoms with van der Waals surface area (Å²) in [4.78, 5) is 23.4. The van der Waals surface area contributed by atoms with Gasteiger partial charge in [0.1, 0.15) is 5.82 Å². The molecule has 0 fully saturated rings. The van der Waals surface area contributed by atoms with Crippen molar-refractivity contribution in [3.8, 4) is 0 Å². The van der Waals surface area contributed by atoms with Crippen LogP contribution in [0, 0.1) is 13.8 Å². The van der Waals surface area contributed by atoms with Gasteiger partial charge >= 0.3 is 6.03 Å². The lowest BCUT2D eigenvalue weighted by Crippen LogP contribution is -2.35. The van der Waals surface area contributed by atoms with E-state index in [-0.39, 0.29) is 5.75 Å². The molecule has 8 nitrogen and oxygen atoms in total. The second-order valence-corrected chi connectivity index (χ2v) is 5.50. The molecule has 0 atom stereocenters. The Kier molecular flexibility index (Phi) is 4.99. The number of imide groups is 1. The lowest BCUT2D eigenvalue weighted by Gasteiger charge is -2.06. The van der Waals surface area contributed by atoms with E-state index in [9.17, 15) is 9.59 Å². The highest BCUT2D eigenvalue weighted by molar-refractivity contribution is 7.99. The van der Waals surface area contributed by atoms with Crippen molar-refractivity contribution in [3.05, 3.63) is 35.7 Å². The molecule has 116 valence electrons. The van der Waals surface area contributed by atoms with E-state index in [1.807, 2.05) is 19.1 Å². The number of hydrogen-bond donors (Lipinski definition) is 3. The number of carbonyl (C=O) groups is 2. The molecule has 22 heavy (non-hydrogen) atoms. The van der Waals surface area contributed by atoms with Crippen molar-refractivity contribution in [2.75, 3.05) is 16.9 Å². The van der Waals surface area contributed by atoms with Crippen LogP contribution in [0.25, 0.3) is 0 Å². The molecular weight excluding hydrogens is 304 g/mol. The van der Waals surface area contributed by atoms with Gasteiger partial charge in [0.2, 0.25) is 11.1 Å². The van der Waals surface area contributed by atoms with E-state index in [1.54, 1.807) is 19.1 Å². The van der Waals surface area contributed by atoms with Crippen LogP contribution in [0.3, 0.4) is 0 Å². The number of carbonyl (C=O) groups excluding carboxylic acids is 2. The third-order valence-electron chi connectivity index (χ3n) is 2.73. The third kappa shape index (κ3) is 4.22. The fraction of sp³-hybridized carbons (Fsp3) is 0.231. The Bertz CT molecular complexity index is 682. The van der Waals surface area contributed by atoms with Gasteiger partial charge in [-0.15, -0.1) is 10.2 Å². The van der Waals surface area contributed by atoms with Gasteiger partial charge in [-0.1, -0.05) is 29.5 Å². The number of hydrogen-bond acceptors (Lipinski definition) is 6. The van der Waals surface area contributed by atoms with E-state index in [4.69, 9.17) is 5.84 Å². The highest BCUT2D eigenvalue weighted by Crippen LogP contribution is 2.13. The number of rotatable bonds is 4. The molecule has 0 aliphatic carbocycles. The van der Waals surface area contributed by atoms with Crippen molar-refractivity contribution in [2.24, 2.45) is 0 Å². The molecule has 3 amide bonds. The van der Waals surface area contributed by atoms with Crippen LogP contribution < -0.4 is 16.5 Å². The Morgan fingerprint density at radius 2 is 1.91 bits per heavy atom. The van der Waals surface area contributed by atoms with Crippen molar-refractivity contribution in [1.29, 1.82) is 0 Å². The fourth-order valence-electron chi connectivity index (χ4n) is 1.54. The minimum atomic E-state index is -0.583. The Labute approximate surface area is 131 Å². The molecule has 0 saturated carbocycles. The van der Waals surface area contributed by atoms with Crippen LogP contribution in [0.2, 0.25) is 0 Å². The lowest BCUT2D eigenvalue weighted by molar-refractivity contribution is -0.117. The van der Waals surface area contributed by atoms with Crippen molar-refractivity contribution in [1.82, 2.24) is 20.2 Å². The van der Waals surface area contributed by atoms with Crippen molar-refractivity contribution in [3.63, 3.8) is 0 Å². The number of aryl methyl sites for hydroxylation is 2. The third-order valence-corrected chi connectivity index (χ3v) is 3.67. The second-order valence-electron chi connectivity index (χ2n) is 4.56. The summed E-state index contributed by atoms with van der Waals surface area (Å²) in [6.45, 7) is 3.65. The summed E-state index contributed by atoms with van der Waals surface area (Å²) in [6, 6.07) is 6.66. The predicted molar refractivity (Wildman–Crippen MR) is 84.0 cm³/mol. The molecule has 0 radical (unpaired) electrons. The molecule has 4 N–H and O–H groups in total. The second kappa shape index (κ2) is 6.94. The molecule has 2 rings (SSSR count). The fourth-order valence-corrected chi connectivity index (χ4v) is 2.24. The van der Waals surface area contributed by atoms with Gasteiger partial charge in [-0.05, 0) is 26.0 Å². The van der Waals surface area contributed by atoms with E-state index in [0.29, 0.717) is 16.7 Å². The summed E-state index contributed by atoms with van der Waals surface area (Å²) < 4.78 is 1.28. The van der Waals surface area contributed by atoms with E-state index in [1.165, 1.54) is 4.68 Å². The molecule has 2 aromatic rings. The number of urea groups is 1. The molecule has 0 saturated heterocycles. The molecule has 0 aliphatic rings. The standard InChI is InChI=1S/C13H16N6O2S/c1-8-3-5-10(6-4-8)15-12(21)16-11(20)7-22-13-18-17-9(2)19(13)14/h3-6H,7,14H2,1-2H3,(H2,15,16,20,21). The number of nitrogen functional groups attached to an aromatic ring is 1. The van der Waals surface area contributed by atoms with Gasteiger partial charge in [0.05, 0.1) is 5.75 Å². The van der Waals surface area contributed by atoms with Crippen LogP contribution in [0.4, 0.5) is 10.5 Å². The molecule has 0 spiro atoms. The number of thioether (sulfide) groups is 1. The first-order chi connectivity index (χ1) is 10.5. The van der Waals surface area contributed by atoms with Gasteiger partial charge in [-0.25, -0.2) is 9.47 Å². The molecular formula is C13H16N6O2S. The van der Waals surface area contributed by atoms with Crippen molar-refractivity contribution >= 4 is 29.4 Å². The Hall–Kier alpha value is -2.55. The summed E-state index contributed by atoms with van der Waals surface area (Å²) in [6.07, 6.45) is 0. The molecule has 0 bridgehead atoms. The molecule has 9 heteroatoms. The highest BCUT2D eigenvalue weighted by atomic mass is 32.2. The van der Waals surface area contributed by atoms with Crippen LogP contribution >= 0.6 is 11.8 Å². The zero-order chi connectivity index (χ0) is 16.1. The van der Waals surface area contributed by atoms with E-state index in [2.05, 4.69) is 20.8 Å². The SMILES string of the molecule is Cc1ccc(NC(=O)NC(=O)CSc2nnc(C)n2N)cc1. The zero-order valence-electron chi connectivity index (χ0n) is 12.2. The van der Waals surface area contributed by atoms with Gasteiger partial charge in [-0.3, -0.25) is 10.1 Å². The summed E-state index contributed by atoms with van der Waals surface area (Å²) in [5.41, 5.74) is 1.69. The minimum Gasteiger partial charge on any atom is -0.336 e. The number of amides is 3. The molecule has 0 aliphatic heterocycles. The quantitative estimate of drug-likeness (QED) is 0.573. The number of benzene rings is 1. The minimum absolute atomic E-state index is 0.0106. The predicted octanol–water partition coefficient (Wildman–Crippen LogP) is 1.05. The number of anilines is 1. The van der Waals surface area contributed by atoms with Gasteiger partial charge in [0.25, 0.3) is 0 Å². The van der Waals surface area contributed by atoms with Gasteiger partial charge in [0.15, 0.2) is 0 Å². The first-order valence-electron chi connectivity index (χ1n) is 6.43. The van der Waals surface area contributed by atoms with Crippen LogP contribution in [0.5, 0.6) is 0 Å². The average molecular weight is 320 g/mol. The van der Waals surface area contributed by atoms with Crippen molar-refractivity contribution < 1.29 is 9.59 Å². The largest absolute Gasteiger partial charge is 0.336 e. The normalized spacial score (nSPS) is 10.3. The highest BCUT2D eigenvalue weighted by Gasteiger charge is 2.12. The maximum absolute atomic E-state index is 11.7. The van der Waals surface area contributed by atoms with Gasteiger partial charge < -0.3 is 11.2 Å². The summed E-state index contributed by atoms with van der Waals surface area (Å²) in [7, 11) is 0. The van der Waals surface area contributed by atoms with E-state index in [0.717, 1.165) is 17.3 Å². The lowest BCUT2D eigenvalue weighted by atomic mass is 10.2. The molecule has 1 aromatic heterocycles. The van der Waals surface area contributed by atoms with Crippen LogP contribution in [-0.2, 0) is 4.79 Å². The van der Waals surface area contributed by atoms with Crippen LogP contribution in [0.1, 0.15) is 11.4 Å². The summed E-state index contributed by atoms with van der Waals surface area (Å²) >= 11 is 1.10. The van der Waals surface area contributed by atoms with E-state index >= 15 is 0 Å². The topological polar surface area (TPSA) is 115 Å². The monoisotopic (exact) mass is 320 g/mol. The Morgan fingerprint density at radius 1 is 1.23 bits per heavy atom. The molecule has 0 unspecified atom stereocenters. The summed E-state index contributed by atoms with van der Waals surface area (Å²) in [5.74, 6) is 5.77. The first-order valence-corrected chi connectivity index (χ1v) is 7.41. The Balaban J connectivity index is 1.80. The number of nitrogens with two attached hydrogens (primary N) is 1. The number of nitrogens with one attached hydrogen (secondary N) is 2. The van der Waals surface area contributed by atoms with Gasteiger partial charge in [-0.2, -0.15) is 0 Å². The maximum Gasteiger partial charge on any atom is 0.325 e. The van der Waals surface area contributed by atoms with Crippen LogP contribution in [-0.4, -0.2) is 32.6 Å². The molecule has 1 aromatic carbocycles. The van der Waals surface area contributed by atoms with Crippen molar-refractivity contribution in [2.45, 2.75) is 19.0 Å². The number of nitrogens with zero attached hydrogens (tertiary/aromatic N) is 3. The first kappa shape index (κ1) is 15.8.